The van der Waals surface area contributed by atoms with Crippen LogP contribution >= 0.6 is 0 Å². The zero-order chi connectivity index (χ0) is 25.3. The number of benzene rings is 3. The molecule has 0 saturated carbocycles. The predicted octanol–water partition coefficient (Wildman–Crippen LogP) is 5.29. The van der Waals surface area contributed by atoms with Crippen molar-refractivity contribution in [1.29, 1.82) is 0 Å². The first-order chi connectivity index (χ1) is 16.7. The molecule has 3 aromatic carbocycles. The number of hydrogen-bond donors (Lipinski definition) is 2. The molecule has 7 nitrogen and oxygen atoms in total. The lowest BCUT2D eigenvalue weighted by Gasteiger charge is -2.22. The lowest BCUT2D eigenvalue weighted by molar-refractivity contribution is -0.117. The molecular weight excluding hydrogens is 444 g/mol. The second-order valence-electron chi connectivity index (χ2n) is 8.94. The summed E-state index contributed by atoms with van der Waals surface area (Å²) in [6.07, 6.45) is -0.615. The summed E-state index contributed by atoms with van der Waals surface area (Å²) in [7, 11) is 0. The van der Waals surface area contributed by atoms with Crippen molar-refractivity contribution in [2.24, 2.45) is 0 Å². The van der Waals surface area contributed by atoms with E-state index in [1.54, 1.807) is 57.2 Å². The molecule has 2 amide bonds. The first-order valence-corrected chi connectivity index (χ1v) is 11.4. The highest BCUT2D eigenvalue weighted by molar-refractivity contribution is 6.03. The van der Waals surface area contributed by atoms with Gasteiger partial charge in [-0.2, -0.15) is 0 Å². The summed E-state index contributed by atoms with van der Waals surface area (Å²) < 4.78 is 10.7. The minimum Gasteiger partial charge on any atom is -0.457 e. The van der Waals surface area contributed by atoms with Gasteiger partial charge in [-0.25, -0.2) is 9.59 Å². The first-order valence-electron chi connectivity index (χ1n) is 11.4. The van der Waals surface area contributed by atoms with Crippen molar-refractivity contribution in [1.82, 2.24) is 5.32 Å². The summed E-state index contributed by atoms with van der Waals surface area (Å²) in [5, 5.41) is 5.50. The number of para-hydroxylation sites is 1. The highest BCUT2D eigenvalue weighted by atomic mass is 16.6. The van der Waals surface area contributed by atoms with Gasteiger partial charge in [0.15, 0.2) is 0 Å². The summed E-state index contributed by atoms with van der Waals surface area (Å²) in [4.78, 5) is 38.3. The van der Waals surface area contributed by atoms with Gasteiger partial charge in [0.2, 0.25) is 5.91 Å². The molecule has 0 aliphatic carbocycles. The van der Waals surface area contributed by atoms with E-state index in [4.69, 9.17) is 9.47 Å². The van der Waals surface area contributed by atoms with E-state index >= 15 is 0 Å². The third kappa shape index (κ3) is 7.99. The van der Waals surface area contributed by atoms with Gasteiger partial charge in [0.05, 0.1) is 17.2 Å². The quantitative estimate of drug-likeness (QED) is 0.433. The number of anilines is 1. The lowest BCUT2D eigenvalue weighted by atomic mass is 9.97. The molecule has 0 fully saturated rings. The molecule has 0 aromatic heterocycles. The van der Waals surface area contributed by atoms with Crippen LogP contribution in [0.1, 0.15) is 48.2 Å². The number of ether oxygens (including phenoxy) is 2. The lowest BCUT2D eigenvalue weighted by Crippen LogP contribution is -2.37. The van der Waals surface area contributed by atoms with Crippen molar-refractivity contribution >= 4 is 23.7 Å². The minimum atomic E-state index is -0.711. The number of esters is 1. The number of carbonyl (C=O) groups is 3. The normalized spacial score (nSPS) is 11.7. The van der Waals surface area contributed by atoms with Crippen molar-refractivity contribution in [3.63, 3.8) is 0 Å². The van der Waals surface area contributed by atoms with E-state index in [0.717, 1.165) is 5.56 Å². The van der Waals surface area contributed by atoms with Crippen LogP contribution < -0.4 is 10.6 Å². The molecule has 0 aliphatic heterocycles. The first kappa shape index (κ1) is 25.5. The van der Waals surface area contributed by atoms with E-state index in [9.17, 15) is 14.4 Å². The summed E-state index contributed by atoms with van der Waals surface area (Å²) in [6.45, 7) is 5.44. The third-order valence-corrected chi connectivity index (χ3v) is 4.99. The largest absolute Gasteiger partial charge is 0.457 e. The zero-order valence-corrected chi connectivity index (χ0v) is 20.1. The van der Waals surface area contributed by atoms with Gasteiger partial charge in [-0.15, -0.1) is 0 Å². The second-order valence-corrected chi connectivity index (χ2v) is 8.94. The van der Waals surface area contributed by atoms with Crippen molar-refractivity contribution in [2.75, 3.05) is 11.9 Å². The van der Waals surface area contributed by atoms with Crippen LogP contribution in [0.25, 0.3) is 0 Å². The maximum atomic E-state index is 13.3. The van der Waals surface area contributed by atoms with E-state index in [1.165, 1.54) is 0 Å². The molecule has 0 aliphatic rings. The Morgan fingerprint density at radius 2 is 1.43 bits per heavy atom. The Morgan fingerprint density at radius 1 is 0.829 bits per heavy atom. The Hall–Kier alpha value is -4.13. The summed E-state index contributed by atoms with van der Waals surface area (Å²) >= 11 is 0. The van der Waals surface area contributed by atoms with Gasteiger partial charge in [-0.05, 0) is 44.0 Å². The monoisotopic (exact) mass is 474 g/mol. The molecule has 1 unspecified atom stereocenters. The average molecular weight is 475 g/mol. The number of hydrogen-bond acceptors (Lipinski definition) is 5. The van der Waals surface area contributed by atoms with Gasteiger partial charge in [-0.3, -0.25) is 4.79 Å². The number of nitrogens with one attached hydrogen (secondary N) is 2. The molecule has 0 saturated heterocycles. The van der Waals surface area contributed by atoms with Crippen LogP contribution in [0.15, 0.2) is 84.9 Å². The molecule has 0 heterocycles. The van der Waals surface area contributed by atoms with Crippen LogP contribution in [0.3, 0.4) is 0 Å². The molecule has 2 N–H and O–H groups in total. The fraction of sp³-hybridized carbons (Fsp3) is 0.250. The molecular formula is C28H30N2O5. The fourth-order valence-corrected chi connectivity index (χ4v) is 3.34. The zero-order valence-electron chi connectivity index (χ0n) is 20.1. The molecule has 1 atom stereocenters. The Morgan fingerprint density at radius 3 is 2.09 bits per heavy atom. The van der Waals surface area contributed by atoms with Crippen LogP contribution in [0.4, 0.5) is 10.5 Å². The fourth-order valence-electron chi connectivity index (χ4n) is 3.34. The molecule has 7 heteroatoms. The maximum absolute atomic E-state index is 13.3. The molecule has 3 aromatic rings. The molecule has 0 spiro atoms. The van der Waals surface area contributed by atoms with Gasteiger partial charge in [0.25, 0.3) is 0 Å². The van der Waals surface area contributed by atoms with Crippen molar-refractivity contribution in [2.45, 2.75) is 38.9 Å². The predicted molar refractivity (Wildman–Crippen MR) is 134 cm³/mol. The smallest absolute Gasteiger partial charge is 0.407 e. The summed E-state index contributed by atoms with van der Waals surface area (Å²) in [6, 6.07) is 25.1. The third-order valence-electron chi connectivity index (χ3n) is 4.99. The topological polar surface area (TPSA) is 93.7 Å². The van der Waals surface area contributed by atoms with Crippen LogP contribution in [-0.4, -0.2) is 30.1 Å². The number of alkyl carbamates (subject to hydrolysis) is 1. The van der Waals surface area contributed by atoms with E-state index in [2.05, 4.69) is 10.6 Å². The van der Waals surface area contributed by atoms with Crippen LogP contribution in [-0.2, 0) is 20.9 Å². The van der Waals surface area contributed by atoms with Gasteiger partial charge in [0, 0.05) is 6.54 Å². The highest BCUT2D eigenvalue weighted by Crippen LogP contribution is 2.22. The average Bonchev–Trinajstić information content (AvgIpc) is 2.83. The van der Waals surface area contributed by atoms with Crippen molar-refractivity contribution < 1.29 is 23.9 Å². The number of carbonyl (C=O) groups excluding carboxylic acids is 3. The van der Waals surface area contributed by atoms with Crippen LogP contribution in [0.5, 0.6) is 0 Å². The molecule has 0 radical (unpaired) electrons. The van der Waals surface area contributed by atoms with E-state index < -0.39 is 23.6 Å². The summed E-state index contributed by atoms with van der Waals surface area (Å²) in [5.41, 5.74) is 1.48. The van der Waals surface area contributed by atoms with Gasteiger partial charge >= 0.3 is 12.1 Å². The Labute approximate surface area is 205 Å². The SMILES string of the molecule is CC(C)(C)OC(=O)NCC(C(=O)Nc1ccccc1C(=O)OCc1ccccc1)c1ccccc1. The van der Waals surface area contributed by atoms with E-state index in [-0.39, 0.29) is 24.6 Å². The number of amides is 2. The van der Waals surface area contributed by atoms with Crippen LogP contribution in [0.2, 0.25) is 0 Å². The van der Waals surface area contributed by atoms with Gasteiger partial charge in [0.1, 0.15) is 12.2 Å². The van der Waals surface area contributed by atoms with E-state index in [0.29, 0.717) is 11.3 Å². The van der Waals surface area contributed by atoms with Crippen LogP contribution in [0, 0.1) is 0 Å². The minimum absolute atomic E-state index is 0.0192. The Balaban J connectivity index is 1.73. The second kappa shape index (κ2) is 11.8. The van der Waals surface area contributed by atoms with Gasteiger partial charge in [-0.1, -0.05) is 72.8 Å². The Kier molecular flexibility index (Phi) is 8.62. The van der Waals surface area contributed by atoms with E-state index in [1.807, 2.05) is 48.5 Å². The number of rotatable bonds is 8. The maximum Gasteiger partial charge on any atom is 0.407 e. The van der Waals surface area contributed by atoms with Crippen molar-refractivity contribution in [3.8, 4) is 0 Å². The molecule has 182 valence electrons. The molecule has 0 bridgehead atoms. The molecule has 3 rings (SSSR count). The molecule has 35 heavy (non-hydrogen) atoms. The summed E-state index contributed by atoms with van der Waals surface area (Å²) in [5.74, 6) is -1.64. The highest BCUT2D eigenvalue weighted by Gasteiger charge is 2.25. The Bertz CT molecular complexity index is 1140. The van der Waals surface area contributed by atoms with Crippen molar-refractivity contribution in [3.05, 3.63) is 102 Å². The standard InChI is InChI=1S/C28H30N2O5/c1-28(2,3)35-27(33)29-18-23(21-14-8-5-9-15-21)25(31)30-24-17-11-10-16-22(24)26(32)34-19-20-12-6-4-7-13-20/h4-17,23H,18-19H2,1-3H3,(H,29,33)(H,30,31). The van der Waals surface area contributed by atoms with Gasteiger partial charge < -0.3 is 20.1 Å².